The zero-order valence-electron chi connectivity index (χ0n) is 29.6. The lowest BCUT2D eigenvalue weighted by Gasteiger charge is -2.27. The van der Waals surface area contributed by atoms with Crippen molar-refractivity contribution in [1.29, 1.82) is 0 Å². The summed E-state index contributed by atoms with van der Waals surface area (Å²) < 4.78 is 17.5. The quantitative estimate of drug-likeness (QED) is 0.161. The molecule has 5 heterocycles. The number of aromatic nitrogens is 4. The SMILES string of the molecule is CC(C)(C)OC(=O)N1CCC[C@H]1c1ncc(-c2cc3oc4ccc(-c5cnc([C@@H]6CCCN6C(=O)OCc6ccccc6)[nH]5)cc4c(=O)c3cc2Cl)[nH]1. The van der Waals surface area contributed by atoms with Crippen molar-refractivity contribution < 1.29 is 23.5 Å². The summed E-state index contributed by atoms with van der Waals surface area (Å²) in [5.74, 6) is 1.30. The van der Waals surface area contributed by atoms with E-state index in [2.05, 4.69) is 19.9 Å². The number of rotatable bonds is 6. The smallest absolute Gasteiger partial charge is 0.410 e. The van der Waals surface area contributed by atoms with Crippen molar-refractivity contribution in [1.82, 2.24) is 29.7 Å². The Morgan fingerprint density at radius 1 is 0.849 bits per heavy atom. The third kappa shape index (κ3) is 6.86. The second-order valence-electron chi connectivity index (χ2n) is 14.6. The fourth-order valence-corrected chi connectivity index (χ4v) is 7.47. The zero-order valence-corrected chi connectivity index (χ0v) is 30.4. The Bertz CT molecular complexity index is 2400. The van der Waals surface area contributed by atoms with E-state index >= 15 is 0 Å². The lowest BCUT2D eigenvalue weighted by Crippen LogP contribution is -2.36. The van der Waals surface area contributed by atoms with Crippen LogP contribution in [0.2, 0.25) is 5.02 Å². The molecule has 13 heteroatoms. The molecule has 2 aliphatic heterocycles. The summed E-state index contributed by atoms with van der Waals surface area (Å²) in [6.07, 6.45) is 5.83. The summed E-state index contributed by atoms with van der Waals surface area (Å²) in [7, 11) is 0. The minimum Gasteiger partial charge on any atom is -0.456 e. The second kappa shape index (κ2) is 13.7. The van der Waals surface area contributed by atoms with E-state index in [0.29, 0.717) is 68.7 Å². The molecule has 0 saturated carbocycles. The van der Waals surface area contributed by atoms with Crippen molar-refractivity contribution in [3.8, 4) is 22.5 Å². The number of H-pyrrole nitrogens is 2. The van der Waals surface area contributed by atoms with E-state index in [4.69, 9.17) is 25.5 Å². The molecule has 2 N–H and O–H groups in total. The van der Waals surface area contributed by atoms with Crippen molar-refractivity contribution in [3.63, 3.8) is 0 Å². The van der Waals surface area contributed by atoms with Gasteiger partial charge in [-0.1, -0.05) is 41.9 Å². The lowest BCUT2D eigenvalue weighted by molar-refractivity contribution is 0.0218. The molecule has 53 heavy (non-hydrogen) atoms. The van der Waals surface area contributed by atoms with Gasteiger partial charge in [0.05, 0.1) is 51.7 Å². The molecule has 272 valence electrons. The van der Waals surface area contributed by atoms with Crippen LogP contribution in [0.4, 0.5) is 9.59 Å². The van der Waals surface area contributed by atoms with E-state index in [0.717, 1.165) is 36.8 Å². The first-order valence-corrected chi connectivity index (χ1v) is 18.2. The fourth-order valence-electron chi connectivity index (χ4n) is 7.21. The maximum atomic E-state index is 13.9. The Labute approximate surface area is 310 Å². The number of fused-ring (bicyclic) bond motifs is 2. The summed E-state index contributed by atoms with van der Waals surface area (Å²) in [5, 5.41) is 1.10. The highest BCUT2D eigenvalue weighted by Crippen LogP contribution is 2.37. The number of hydrogen-bond donors (Lipinski definition) is 2. The maximum absolute atomic E-state index is 13.9. The van der Waals surface area contributed by atoms with Gasteiger partial charge in [0, 0.05) is 24.2 Å². The molecule has 6 aromatic rings. The van der Waals surface area contributed by atoms with Gasteiger partial charge in [0.15, 0.2) is 0 Å². The number of ether oxygens (including phenoxy) is 2. The molecule has 3 aromatic heterocycles. The van der Waals surface area contributed by atoms with Crippen molar-refractivity contribution in [3.05, 3.63) is 106 Å². The first kappa shape index (κ1) is 34.5. The molecule has 2 atom stereocenters. The monoisotopic (exact) mass is 734 g/mol. The highest BCUT2D eigenvalue weighted by molar-refractivity contribution is 6.34. The van der Waals surface area contributed by atoms with E-state index in [1.54, 1.807) is 46.5 Å². The molecular formula is C40H39ClN6O6. The predicted molar refractivity (Wildman–Crippen MR) is 200 cm³/mol. The molecule has 2 fully saturated rings. The van der Waals surface area contributed by atoms with Gasteiger partial charge >= 0.3 is 12.2 Å². The summed E-state index contributed by atoms with van der Waals surface area (Å²) in [6.45, 7) is 6.90. The zero-order chi connectivity index (χ0) is 36.9. The highest BCUT2D eigenvalue weighted by atomic mass is 35.5. The van der Waals surface area contributed by atoms with Crippen LogP contribution in [0, 0.1) is 0 Å². The van der Waals surface area contributed by atoms with Gasteiger partial charge in [0.25, 0.3) is 0 Å². The topological polar surface area (TPSA) is 147 Å². The lowest BCUT2D eigenvalue weighted by atomic mass is 10.1. The average molecular weight is 735 g/mol. The molecule has 12 nitrogen and oxygen atoms in total. The Kier molecular flexibility index (Phi) is 8.93. The van der Waals surface area contributed by atoms with Gasteiger partial charge in [-0.2, -0.15) is 0 Å². The maximum Gasteiger partial charge on any atom is 0.410 e. The molecular weight excluding hydrogens is 696 g/mol. The molecule has 2 aliphatic rings. The van der Waals surface area contributed by atoms with Crippen LogP contribution in [0.25, 0.3) is 44.5 Å². The molecule has 0 unspecified atom stereocenters. The minimum atomic E-state index is -0.602. The second-order valence-corrected chi connectivity index (χ2v) is 15.0. The largest absolute Gasteiger partial charge is 0.456 e. The molecule has 0 radical (unpaired) electrons. The van der Waals surface area contributed by atoms with Gasteiger partial charge < -0.3 is 23.9 Å². The van der Waals surface area contributed by atoms with Gasteiger partial charge in [-0.15, -0.1) is 0 Å². The minimum absolute atomic E-state index is 0.202. The predicted octanol–water partition coefficient (Wildman–Crippen LogP) is 8.93. The summed E-state index contributed by atoms with van der Waals surface area (Å²) in [6, 6.07) is 17.9. The summed E-state index contributed by atoms with van der Waals surface area (Å²) in [5.41, 5.74) is 3.63. The number of nitrogens with one attached hydrogen (secondary N) is 2. The van der Waals surface area contributed by atoms with Crippen LogP contribution in [0.15, 0.2) is 82.3 Å². The normalized spacial score (nSPS) is 17.6. The van der Waals surface area contributed by atoms with Gasteiger partial charge in [-0.25, -0.2) is 19.6 Å². The average Bonchev–Trinajstić information content (AvgIpc) is 3.97. The van der Waals surface area contributed by atoms with Gasteiger partial charge in [0.1, 0.15) is 35.0 Å². The van der Waals surface area contributed by atoms with E-state index in [9.17, 15) is 14.4 Å². The van der Waals surface area contributed by atoms with E-state index in [1.165, 1.54) is 0 Å². The number of aromatic amines is 2. The van der Waals surface area contributed by atoms with Crippen LogP contribution in [-0.4, -0.2) is 60.6 Å². The van der Waals surface area contributed by atoms with Crippen LogP contribution in [0.3, 0.4) is 0 Å². The van der Waals surface area contributed by atoms with Crippen LogP contribution in [0.1, 0.15) is 75.8 Å². The highest BCUT2D eigenvalue weighted by Gasteiger charge is 2.35. The number of benzene rings is 3. The number of carbonyl (C=O) groups excluding carboxylic acids is 2. The van der Waals surface area contributed by atoms with E-state index < -0.39 is 5.60 Å². The van der Waals surface area contributed by atoms with Crippen molar-refractivity contribution in [2.24, 2.45) is 0 Å². The standard InChI is InChI=1S/C40H39ClN6O6/c1-40(2,3)53-39(50)47-16-8-12-32(47)37-43-21-30(45-37)25-19-34-27(18-28(25)41)35(48)26-17-24(13-14-33(26)52-34)29-20-42-36(44-29)31-11-7-15-46(31)38(49)51-22-23-9-5-4-6-10-23/h4-6,9-10,13-14,17-21,31-32H,7-8,11-12,15-16,22H2,1-3H3,(H,42,44)(H,43,45)/t31-,32-/m0/s1. The van der Waals surface area contributed by atoms with Crippen molar-refractivity contribution >= 4 is 45.7 Å². The fraction of sp³-hybridized carbons (Fsp3) is 0.325. The Balaban J connectivity index is 1.03. The molecule has 3 aromatic carbocycles. The first-order chi connectivity index (χ1) is 25.5. The van der Waals surface area contributed by atoms with E-state index in [-0.39, 0.29) is 36.3 Å². The van der Waals surface area contributed by atoms with Crippen LogP contribution < -0.4 is 5.43 Å². The van der Waals surface area contributed by atoms with Crippen LogP contribution >= 0.6 is 11.6 Å². The van der Waals surface area contributed by atoms with Gasteiger partial charge in [-0.05, 0) is 82.3 Å². The number of halogens is 1. The van der Waals surface area contributed by atoms with Gasteiger partial charge in [-0.3, -0.25) is 14.6 Å². The summed E-state index contributed by atoms with van der Waals surface area (Å²) >= 11 is 6.80. The number of amides is 2. The molecule has 2 saturated heterocycles. The number of imidazole rings is 2. The van der Waals surface area contributed by atoms with Crippen molar-refractivity contribution in [2.45, 2.75) is 70.7 Å². The van der Waals surface area contributed by atoms with Crippen LogP contribution in [-0.2, 0) is 16.1 Å². The number of carbonyl (C=O) groups is 2. The van der Waals surface area contributed by atoms with Crippen molar-refractivity contribution in [2.75, 3.05) is 13.1 Å². The Morgan fingerprint density at radius 2 is 1.49 bits per heavy atom. The number of nitrogens with zero attached hydrogens (tertiary/aromatic N) is 4. The molecule has 2 amide bonds. The number of hydrogen-bond acceptors (Lipinski definition) is 8. The van der Waals surface area contributed by atoms with E-state index in [1.807, 2.05) is 57.2 Å². The third-order valence-electron chi connectivity index (χ3n) is 9.75. The van der Waals surface area contributed by atoms with Gasteiger partial charge in [0.2, 0.25) is 5.43 Å². The Morgan fingerprint density at radius 3 is 2.19 bits per heavy atom. The molecule has 0 spiro atoms. The molecule has 0 bridgehead atoms. The van der Waals surface area contributed by atoms with Crippen LogP contribution in [0.5, 0.6) is 0 Å². The number of likely N-dealkylation sites (tertiary alicyclic amines) is 2. The first-order valence-electron chi connectivity index (χ1n) is 17.8. The third-order valence-corrected chi connectivity index (χ3v) is 10.1. The Hall–Kier alpha value is -5.62. The molecule has 8 rings (SSSR count). The summed E-state index contributed by atoms with van der Waals surface area (Å²) in [4.78, 5) is 59.1. The molecule has 0 aliphatic carbocycles.